The van der Waals surface area contributed by atoms with E-state index >= 15 is 0 Å². The molecule has 4 rings (SSSR count). The largest absolute Gasteiger partial charge is 0.361 e. The van der Waals surface area contributed by atoms with Gasteiger partial charge in [-0.2, -0.15) is 0 Å². The van der Waals surface area contributed by atoms with E-state index in [0.717, 1.165) is 43.4 Å². The van der Waals surface area contributed by atoms with E-state index in [9.17, 15) is 20.4 Å². The monoisotopic (exact) mass is 434 g/mol. The smallest absolute Gasteiger partial charge is 0.218 e. The Bertz CT molecular complexity index is 699. The van der Waals surface area contributed by atoms with Gasteiger partial charge in [-0.1, -0.05) is 32.8 Å². The third-order valence-corrected chi connectivity index (χ3v) is 10.9. The second-order valence-corrected chi connectivity index (χ2v) is 12.7. The van der Waals surface area contributed by atoms with Crippen LogP contribution in [0.15, 0.2) is 12.2 Å². The molecular formula is C27H46O4. The van der Waals surface area contributed by atoms with Gasteiger partial charge in [0.1, 0.15) is 0 Å². The number of allylic oxidation sites excluding steroid dienone is 1. The summed E-state index contributed by atoms with van der Waals surface area (Å²) in [5.74, 6) is -1.32. The predicted octanol–water partition coefficient (Wildman–Crippen LogP) is 5.00. The van der Waals surface area contributed by atoms with Gasteiger partial charge in [0.05, 0.1) is 0 Å². The Labute approximate surface area is 189 Å². The van der Waals surface area contributed by atoms with Gasteiger partial charge in [0, 0.05) is 12.8 Å². The van der Waals surface area contributed by atoms with E-state index in [1.807, 2.05) is 0 Å². The van der Waals surface area contributed by atoms with Crippen LogP contribution >= 0.6 is 0 Å². The first-order valence-corrected chi connectivity index (χ1v) is 12.9. The second kappa shape index (κ2) is 7.82. The molecule has 0 saturated heterocycles. The Balaban J connectivity index is 1.51. The fourth-order valence-corrected chi connectivity index (χ4v) is 9.23. The van der Waals surface area contributed by atoms with Crippen LogP contribution in [0.25, 0.3) is 0 Å². The molecule has 8 atom stereocenters. The fourth-order valence-electron chi connectivity index (χ4n) is 9.23. The molecule has 4 fully saturated rings. The van der Waals surface area contributed by atoms with Gasteiger partial charge in [-0.05, 0) is 105 Å². The van der Waals surface area contributed by atoms with E-state index in [0.29, 0.717) is 17.3 Å². The lowest BCUT2D eigenvalue weighted by atomic mass is 9.43. The first kappa shape index (κ1) is 23.7. The lowest BCUT2D eigenvalue weighted by Crippen LogP contribution is -2.66. The molecule has 4 heteroatoms. The zero-order valence-corrected chi connectivity index (χ0v) is 20.2. The van der Waals surface area contributed by atoms with Crippen LogP contribution in [0.5, 0.6) is 0 Å². The molecule has 31 heavy (non-hydrogen) atoms. The molecule has 0 aromatic carbocycles. The van der Waals surface area contributed by atoms with Crippen LogP contribution in [0.2, 0.25) is 0 Å². The summed E-state index contributed by atoms with van der Waals surface area (Å²) in [7, 11) is 0. The van der Waals surface area contributed by atoms with Crippen molar-refractivity contribution in [3.8, 4) is 0 Å². The van der Waals surface area contributed by atoms with Gasteiger partial charge in [-0.15, -0.1) is 6.58 Å². The Morgan fingerprint density at radius 2 is 1.61 bits per heavy atom. The SMILES string of the molecule is C=C(C)CCC[C@@H](C)[C@H]1CC[C@H]2[C@@H]3CC[C@@H]4CC(O)(O)C(O)(O)C[C@]4(C)[C@H]3CC[C@]12C. The van der Waals surface area contributed by atoms with Crippen molar-refractivity contribution in [3.05, 3.63) is 12.2 Å². The standard InChI is InChI=1S/C27H46O4/c1-17(2)7-6-8-18(3)21-11-12-22-20-10-9-19-15-26(28,29)27(30,31)16-25(19,5)23(20)13-14-24(21,22)4/h18-23,28-31H,1,6-16H2,2-5H3/t18-,19-,20+,21-,22+,23+,24-,25+/m1/s1. The van der Waals surface area contributed by atoms with Crippen molar-refractivity contribution < 1.29 is 20.4 Å². The maximum absolute atomic E-state index is 10.5. The highest BCUT2D eigenvalue weighted by Crippen LogP contribution is 2.69. The van der Waals surface area contributed by atoms with Gasteiger partial charge >= 0.3 is 0 Å². The van der Waals surface area contributed by atoms with E-state index in [1.54, 1.807) is 0 Å². The van der Waals surface area contributed by atoms with Gasteiger partial charge < -0.3 is 20.4 Å². The number of rotatable bonds is 5. The van der Waals surface area contributed by atoms with E-state index in [4.69, 9.17) is 0 Å². The average Bonchev–Trinajstić information content (AvgIpc) is 2.99. The Morgan fingerprint density at radius 3 is 2.29 bits per heavy atom. The zero-order valence-electron chi connectivity index (χ0n) is 20.2. The molecule has 0 unspecified atom stereocenters. The summed E-state index contributed by atoms with van der Waals surface area (Å²) in [6.45, 7) is 13.4. The van der Waals surface area contributed by atoms with Gasteiger partial charge in [0.2, 0.25) is 11.6 Å². The van der Waals surface area contributed by atoms with Gasteiger partial charge in [0.25, 0.3) is 0 Å². The van der Waals surface area contributed by atoms with Gasteiger partial charge in [-0.3, -0.25) is 0 Å². The number of fused-ring (bicyclic) bond motifs is 5. The maximum atomic E-state index is 10.5. The molecule has 178 valence electrons. The van der Waals surface area contributed by atoms with Crippen molar-refractivity contribution in [2.45, 2.75) is 110 Å². The summed E-state index contributed by atoms with van der Waals surface area (Å²) in [6, 6.07) is 0. The molecule has 4 nitrogen and oxygen atoms in total. The van der Waals surface area contributed by atoms with Crippen LogP contribution in [-0.2, 0) is 0 Å². The molecule has 4 aliphatic carbocycles. The van der Waals surface area contributed by atoms with Crippen molar-refractivity contribution in [3.63, 3.8) is 0 Å². The van der Waals surface area contributed by atoms with Crippen LogP contribution in [0.3, 0.4) is 0 Å². The highest BCUT2D eigenvalue weighted by Gasteiger charge is 2.66. The van der Waals surface area contributed by atoms with Crippen LogP contribution < -0.4 is 0 Å². The average molecular weight is 435 g/mol. The Kier molecular flexibility index (Phi) is 5.99. The molecule has 0 radical (unpaired) electrons. The van der Waals surface area contributed by atoms with Gasteiger partial charge in [-0.25, -0.2) is 0 Å². The van der Waals surface area contributed by atoms with Crippen LogP contribution in [0.4, 0.5) is 0 Å². The topological polar surface area (TPSA) is 80.9 Å². The third kappa shape index (κ3) is 3.74. The molecular weight excluding hydrogens is 388 g/mol. The maximum Gasteiger partial charge on any atom is 0.218 e. The second-order valence-electron chi connectivity index (χ2n) is 12.7. The van der Waals surface area contributed by atoms with Crippen molar-refractivity contribution in [2.75, 3.05) is 0 Å². The first-order valence-electron chi connectivity index (χ1n) is 12.9. The van der Waals surface area contributed by atoms with E-state index in [-0.39, 0.29) is 24.2 Å². The molecule has 4 saturated carbocycles. The van der Waals surface area contributed by atoms with E-state index in [2.05, 4.69) is 34.3 Å². The van der Waals surface area contributed by atoms with E-state index in [1.165, 1.54) is 37.7 Å². The fraction of sp³-hybridized carbons (Fsp3) is 0.926. The summed E-state index contributed by atoms with van der Waals surface area (Å²) >= 11 is 0. The summed E-state index contributed by atoms with van der Waals surface area (Å²) in [5, 5.41) is 41.6. The highest BCUT2D eigenvalue weighted by molar-refractivity contribution is 5.12. The summed E-state index contributed by atoms with van der Waals surface area (Å²) < 4.78 is 0. The molecule has 0 bridgehead atoms. The summed E-state index contributed by atoms with van der Waals surface area (Å²) in [6.07, 6.45) is 11.0. The third-order valence-electron chi connectivity index (χ3n) is 10.9. The molecule has 0 aliphatic heterocycles. The van der Waals surface area contributed by atoms with Crippen molar-refractivity contribution in [1.29, 1.82) is 0 Å². The van der Waals surface area contributed by atoms with Gasteiger partial charge in [0.15, 0.2) is 0 Å². The molecule has 0 aromatic rings. The quantitative estimate of drug-likeness (QED) is 0.363. The summed E-state index contributed by atoms with van der Waals surface area (Å²) in [5.41, 5.74) is 1.46. The minimum atomic E-state index is -2.42. The molecule has 4 N–H and O–H groups in total. The zero-order chi connectivity index (χ0) is 22.8. The van der Waals surface area contributed by atoms with Crippen molar-refractivity contribution in [2.24, 2.45) is 46.3 Å². The lowest BCUT2D eigenvalue weighted by Gasteiger charge is -2.63. The molecule has 4 aliphatic rings. The molecule has 0 spiro atoms. The van der Waals surface area contributed by atoms with Crippen molar-refractivity contribution >= 4 is 0 Å². The normalized spacial score (nSPS) is 46.5. The Morgan fingerprint density at radius 1 is 0.935 bits per heavy atom. The number of hydrogen-bond acceptors (Lipinski definition) is 4. The Hall–Kier alpha value is -0.420. The van der Waals surface area contributed by atoms with Crippen LogP contribution in [0.1, 0.15) is 98.3 Å². The highest BCUT2D eigenvalue weighted by atomic mass is 16.6. The molecule has 0 amide bonds. The lowest BCUT2D eigenvalue weighted by molar-refractivity contribution is -0.398. The van der Waals surface area contributed by atoms with E-state index < -0.39 is 11.6 Å². The first-order chi connectivity index (χ1) is 14.3. The minimum Gasteiger partial charge on any atom is -0.361 e. The molecule has 0 heterocycles. The number of hydrogen-bond donors (Lipinski definition) is 4. The minimum absolute atomic E-state index is 0.0724. The predicted molar refractivity (Wildman–Crippen MR) is 123 cm³/mol. The van der Waals surface area contributed by atoms with Crippen LogP contribution in [-0.4, -0.2) is 32.0 Å². The number of aliphatic hydroxyl groups is 4. The van der Waals surface area contributed by atoms with Crippen molar-refractivity contribution in [1.82, 2.24) is 0 Å². The summed E-state index contributed by atoms with van der Waals surface area (Å²) in [4.78, 5) is 0. The van der Waals surface area contributed by atoms with Crippen LogP contribution in [0, 0.1) is 46.3 Å². The molecule has 0 aromatic heterocycles.